The SMILES string of the molecule is CCN(CC)C(=O)c1ccc(NC(=O)CNc2cccc([N+](=O)[O-])c2C)cc1. The fraction of sp³-hybridized carbons (Fsp3) is 0.300. The molecule has 2 N–H and O–H groups in total. The van der Waals surface area contributed by atoms with E-state index in [1.807, 2.05) is 13.8 Å². The summed E-state index contributed by atoms with van der Waals surface area (Å²) >= 11 is 0. The molecule has 2 amide bonds. The second kappa shape index (κ2) is 9.50. The summed E-state index contributed by atoms with van der Waals surface area (Å²) in [6, 6.07) is 11.4. The van der Waals surface area contributed by atoms with E-state index in [4.69, 9.17) is 0 Å². The van der Waals surface area contributed by atoms with E-state index in [-0.39, 0.29) is 24.0 Å². The molecule has 0 atom stereocenters. The highest BCUT2D eigenvalue weighted by Gasteiger charge is 2.14. The van der Waals surface area contributed by atoms with Gasteiger partial charge in [-0.2, -0.15) is 0 Å². The van der Waals surface area contributed by atoms with Crippen LogP contribution in [0.4, 0.5) is 17.1 Å². The molecule has 0 saturated carbocycles. The number of nitro groups is 1. The van der Waals surface area contributed by atoms with E-state index in [0.29, 0.717) is 35.6 Å². The van der Waals surface area contributed by atoms with Crippen LogP contribution in [0.2, 0.25) is 0 Å². The summed E-state index contributed by atoms with van der Waals surface area (Å²) in [4.78, 5) is 36.7. The van der Waals surface area contributed by atoms with Gasteiger partial charge in [-0.25, -0.2) is 0 Å². The zero-order valence-electron chi connectivity index (χ0n) is 16.2. The fourth-order valence-corrected chi connectivity index (χ4v) is 2.78. The van der Waals surface area contributed by atoms with Gasteiger partial charge in [0.2, 0.25) is 5.91 Å². The Morgan fingerprint density at radius 3 is 2.29 bits per heavy atom. The van der Waals surface area contributed by atoms with E-state index in [9.17, 15) is 19.7 Å². The average molecular weight is 384 g/mol. The normalized spacial score (nSPS) is 10.2. The minimum Gasteiger partial charge on any atom is -0.376 e. The van der Waals surface area contributed by atoms with Crippen LogP contribution in [0.15, 0.2) is 42.5 Å². The Hall–Kier alpha value is -3.42. The van der Waals surface area contributed by atoms with Gasteiger partial charge in [-0.05, 0) is 51.1 Å². The lowest BCUT2D eigenvalue weighted by Crippen LogP contribution is -2.30. The predicted octanol–water partition coefficient (Wildman–Crippen LogP) is 3.44. The van der Waals surface area contributed by atoms with Crippen molar-refractivity contribution in [1.82, 2.24) is 4.90 Å². The quantitative estimate of drug-likeness (QED) is 0.536. The van der Waals surface area contributed by atoms with E-state index in [1.54, 1.807) is 48.2 Å². The van der Waals surface area contributed by atoms with Crippen molar-refractivity contribution in [2.24, 2.45) is 0 Å². The van der Waals surface area contributed by atoms with Crippen LogP contribution in [0.25, 0.3) is 0 Å². The van der Waals surface area contributed by atoms with Crippen LogP contribution >= 0.6 is 0 Å². The third-order valence-electron chi connectivity index (χ3n) is 4.41. The van der Waals surface area contributed by atoms with Gasteiger partial charge in [-0.15, -0.1) is 0 Å². The molecule has 0 unspecified atom stereocenters. The summed E-state index contributed by atoms with van der Waals surface area (Å²) in [5.41, 5.74) is 2.13. The molecule has 2 aromatic carbocycles. The number of anilines is 2. The molecule has 0 fully saturated rings. The third kappa shape index (κ3) is 5.06. The number of rotatable bonds is 8. The van der Waals surface area contributed by atoms with Gasteiger partial charge in [-0.3, -0.25) is 19.7 Å². The molecular formula is C20H24N4O4. The van der Waals surface area contributed by atoms with Crippen molar-refractivity contribution in [3.05, 3.63) is 63.7 Å². The maximum atomic E-state index is 12.3. The number of amides is 2. The maximum absolute atomic E-state index is 12.3. The molecule has 2 aromatic rings. The van der Waals surface area contributed by atoms with E-state index in [0.717, 1.165) is 0 Å². The first kappa shape index (κ1) is 20.9. The van der Waals surface area contributed by atoms with Crippen LogP contribution in [0.5, 0.6) is 0 Å². The highest BCUT2D eigenvalue weighted by molar-refractivity contribution is 5.96. The van der Waals surface area contributed by atoms with Crippen LogP contribution < -0.4 is 10.6 Å². The molecule has 8 nitrogen and oxygen atoms in total. The molecule has 2 rings (SSSR count). The van der Waals surface area contributed by atoms with Crippen molar-refractivity contribution in [3.8, 4) is 0 Å². The Morgan fingerprint density at radius 1 is 1.07 bits per heavy atom. The van der Waals surface area contributed by atoms with Gasteiger partial charge in [0.25, 0.3) is 11.6 Å². The standard InChI is InChI=1S/C20H24N4O4/c1-4-23(5-2)20(26)15-9-11-16(12-10-15)22-19(25)13-21-17-7-6-8-18(14(17)3)24(27)28/h6-12,21H,4-5,13H2,1-3H3,(H,22,25). The number of hydrogen-bond donors (Lipinski definition) is 2. The largest absolute Gasteiger partial charge is 0.376 e. The molecule has 0 aliphatic carbocycles. The summed E-state index contributed by atoms with van der Waals surface area (Å²) < 4.78 is 0. The Morgan fingerprint density at radius 2 is 1.71 bits per heavy atom. The Labute approximate surface area is 163 Å². The minimum atomic E-state index is -0.457. The highest BCUT2D eigenvalue weighted by atomic mass is 16.6. The molecule has 0 saturated heterocycles. The summed E-state index contributed by atoms with van der Waals surface area (Å²) in [6.07, 6.45) is 0. The van der Waals surface area contributed by atoms with Gasteiger partial charge in [0.05, 0.1) is 11.5 Å². The van der Waals surface area contributed by atoms with E-state index in [1.165, 1.54) is 6.07 Å². The van der Waals surface area contributed by atoms with Crippen molar-refractivity contribution in [2.75, 3.05) is 30.3 Å². The summed E-state index contributed by atoms with van der Waals surface area (Å²) in [5.74, 6) is -0.348. The van der Waals surface area contributed by atoms with Crippen molar-refractivity contribution in [2.45, 2.75) is 20.8 Å². The number of nitrogens with one attached hydrogen (secondary N) is 2. The Kier molecular flexibility index (Phi) is 7.08. The van der Waals surface area contributed by atoms with Gasteiger partial charge in [-0.1, -0.05) is 6.07 Å². The molecule has 0 radical (unpaired) electrons. The lowest BCUT2D eigenvalue weighted by molar-refractivity contribution is -0.385. The predicted molar refractivity (Wildman–Crippen MR) is 109 cm³/mol. The molecule has 148 valence electrons. The summed E-state index contributed by atoms with van der Waals surface area (Å²) in [7, 11) is 0. The number of benzene rings is 2. The van der Waals surface area contributed by atoms with Gasteiger partial charge in [0, 0.05) is 41.7 Å². The van der Waals surface area contributed by atoms with Crippen molar-refractivity contribution in [3.63, 3.8) is 0 Å². The molecule has 0 spiro atoms. The van der Waals surface area contributed by atoms with Crippen LogP contribution in [-0.4, -0.2) is 41.3 Å². The van der Waals surface area contributed by atoms with Crippen LogP contribution in [0, 0.1) is 17.0 Å². The zero-order valence-corrected chi connectivity index (χ0v) is 16.2. The molecule has 28 heavy (non-hydrogen) atoms. The molecular weight excluding hydrogens is 360 g/mol. The van der Waals surface area contributed by atoms with Gasteiger partial charge in [0.1, 0.15) is 0 Å². The number of carbonyl (C=O) groups excluding carboxylic acids is 2. The molecule has 0 aliphatic rings. The first-order valence-electron chi connectivity index (χ1n) is 9.04. The Bertz CT molecular complexity index is 861. The Balaban J connectivity index is 1.96. The fourth-order valence-electron chi connectivity index (χ4n) is 2.78. The number of carbonyl (C=O) groups is 2. The lowest BCUT2D eigenvalue weighted by Gasteiger charge is -2.18. The second-order valence-electron chi connectivity index (χ2n) is 6.16. The van der Waals surface area contributed by atoms with E-state index >= 15 is 0 Å². The van der Waals surface area contributed by atoms with Crippen molar-refractivity contribution < 1.29 is 14.5 Å². The van der Waals surface area contributed by atoms with Gasteiger partial charge >= 0.3 is 0 Å². The van der Waals surface area contributed by atoms with E-state index < -0.39 is 4.92 Å². The first-order valence-corrected chi connectivity index (χ1v) is 9.04. The van der Waals surface area contributed by atoms with E-state index in [2.05, 4.69) is 10.6 Å². The first-order chi connectivity index (χ1) is 13.4. The monoisotopic (exact) mass is 384 g/mol. The van der Waals surface area contributed by atoms with Crippen molar-refractivity contribution >= 4 is 28.9 Å². The molecule has 0 aliphatic heterocycles. The molecule has 0 bridgehead atoms. The lowest BCUT2D eigenvalue weighted by atomic mass is 10.1. The number of hydrogen-bond acceptors (Lipinski definition) is 5. The van der Waals surface area contributed by atoms with Crippen LogP contribution in [0.3, 0.4) is 0 Å². The highest BCUT2D eigenvalue weighted by Crippen LogP contribution is 2.24. The molecule has 8 heteroatoms. The van der Waals surface area contributed by atoms with Crippen molar-refractivity contribution in [1.29, 1.82) is 0 Å². The molecule has 0 aromatic heterocycles. The van der Waals surface area contributed by atoms with Gasteiger partial charge < -0.3 is 15.5 Å². The smallest absolute Gasteiger partial charge is 0.274 e. The maximum Gasteiger partial charge on any atom is 0.274 e. The zero-order chi connectivity index (χ0) is 20.7. The van der Waals surface area contributed by atoms with Crippen LogP contribution in [-0.2, 0) is 4.79 Å². The van der Waals surface area contributed by atoms with Gasteiger partial charge in [0.15, 0.2) is 0 Å². The summed E-state index contributed by atoms with van der Waals surface area (Å²) in [5, 5.41) is 16.6. The number of nitrogens with zero attached hydrogens (tertiary/aromatic N) is 2. The molecule has 0 heterocycles. The second-order valence-corrected chi connectivity index (χ2v) is 6.16. The summed E-state index contributed by atoms with van der Waals surface area (Å²) in [6.45, 7) is 6.71. The number of nitro benzene ring substituents is 1. The minimum absolute atomic E-state index is 0.00105. The topological polar surface area (TPSA) is 105 Å². The third-order valence-corrected chi connectivity index (χ3v) is 4.41. The van der Waals surface area contributed by atoms with Crippen LogP contribution in [0.1, 0.15) is 29.8 Å². The average Bonchev–Trinajstić information content (AvgIpc) is 2.68.